The Morgan fingerprint density at radius 2 is 1.74 bits per heavy atom. The van der Waals surface area contributed by atoms with Crippen LogP contribution in [-0.4, -0.2) is 52.3 Å². The van der Waals surface area contributed by atoms with Gasteiger partial charge in [-0.25, -0.2) is 9.69 Å². The summed E-state index contributed by atoms with van der Waals surface area (Å²) in [5, 5.41) is 1.84. The number of hydrogen-bond acceptors (Lipinski definition) is 3. The highest BCUT2D eigenvalue weighted by atomic mass is 79.9. The summed E-state index contributed by atoms with van der Waals surface area (Å²) in [4.78, 5) is 44.8. The topological polar surface area (TPSA) is 60.9 Å². The quantitative estimate of drug-likeness (QED) is 0.525. The molecule has 3 aromatic carbocycles. The Labute approximate surface area is 187 Å². The number of carbonyl (C=O) groups excluding carboxylic acids is 3. The molecule has 0 N–H and O–H groups in total. The molecule has 6 nitrogen and oxygen atoms in total. The summed E-state index contributed by atoms with van der Waals surface area (Å²) >= 11 is 3.41. The minimum absolute atomic E-state index is 0.0997. The van der Waals surface area contributed by atoms with Gasteiger partial charge in [0.25, 0.3) is 11.8 Å². The highest BCUT2D eigenvalue weighted by Crippen LogP contribution is 2.43. The zero-order chi connectivity index (χ0) is 21.3. The van der Waals surface area contributed by atoms with Crippen molar-refractivity contribution in [2.75, 3.05) is 11.4 Å². The van der Waals surface area contributed by atoms with Gasteiger partial charge < -0.3 is 9.80 Å². The predicted octanol–water partition coefficient (Wildman–Crippen LogP) is 4.04. The Balaban J connectivity index is 1.36. The van der Waals surface area contributed by atoms with Gasteiger partial charge >= 0.3 is 6.03 Å². The maximum Gasteiger partial charge on any atom is 0.332 e. The third-order valence-electron chi connectivity index (χ3n) is 6.60. The van der Waals surface area contributed by atoms with E-state index in [1.165, 1.54) is 4.90 Å². The molecule has 3 aliphatic rings. The summed E-state index contributed by atoms with van der Waals surface area (Å²) in [6, 6.07) is 19.3. The molecular weight excluding hydrogens is 458 g/mol. The van der Waals surface area contributed by atoms with Crippen molar-refractivity contribution in [1.82, 2.24) is 9.80 Å². The van der Waals surface area contributed by atoms with E-state index in [1.54, 1.807) is 21.9 Å². The van der Waals surface area contributed by atoms with Crippen LogP contribution in [0.1, 0.15) is 16.8 Å². The van der Waals surface area contributed by atoms with E-state index in [0.29, 0.717) is 24.2 Å². The SMILES string of the molecule is O=C1[C@H]2C3C[C@H](CN3C(=O)c3cccc(Br)c3)N2C(=O)N1c1cccc2ccccc12. The van der Waals surface area contributed by atoms with Crippen molar-refractivity contribution in [3.8, 4) is 0 Å². The first-order chi connectivity index (χ1) is 15.0. The van der Waals surface area contributed by atoms with Gasteiger partial charge in [-0.1, -0.05) is 58.4 Å². The Bertz CT molecular complexity index is 1270. The van der Waals surface area contributed by atoms with Crippen LogP contribution in [-0.2, 0) is 4.79 Å². The molecule has 31 heavy (non-hydrogen) atoms. The molecule has 4 amide bonds. The van der Waals surface area contributed by atoms with Crippen LogP contribution in [0, 0.1) is 0 Å². The second-order valence-corrected chi connectivity index (χ2v) is 9.15. The third kappa shape index (κ3) is 2.59. The standard InChI is InChI=1S/C24H18BrN3O3/c25-16-8-3-7-15(11-16)22(29)26-13-17-12-20(26)21-23(30)28(24(31)27(17)21)19-10-4-6-14-5-1-2-9-18(14)19/h1-11,17,20-21H,12-13H2/t17-,20?,21-/m1/s1. The average molecular weight is 476 g/mol. The second kappa shape index (κ2) is 6.65. The number of carbonyl (C=O) groups is 3. The van der Waals surface area contributed by atoms with Crippen molar-refractivity contribution in [2.45, 2.75) is 24.5 Å². The zero-order valence-electron chi connectivity index (χ0n) is 16.4. The van der Waals surface area contributed by atoms with Crippen molar-refractivity contribution in [3.05, 3.63) is 76.8 Å². The maximum absolute atomic E-state index is 13.5. The fourth-order valence-electron chi connectivity index (χ4n) is 5.30. The van der Waals surface area contributed by atoms with E-state index in [2.05, 4.69) is 15.9 Å². The van der Waals surface area contributed by atoms with Crippen molar-refractivity contribution in [1.29, 1.82) is 0 Å². The van der Waals surface area contributed by atoms with Crippen molar-refractivity contribution in [2.24, 2.45) is 0 Å². The number of likely N-dealkylation sites (tertiary alicyclic amines) is 1. The average Bonchev–Trinajstić information content (AvgIpc) is 3.44. The number of nitrogens with zero attached hydrogens (tertiary/aromatic N) is 3. The van der Waals surface area contributed by atoms with Crippen molar-refractivity contribution >= 4 is 50.2 Å². The molecule has 1 unspecified atom stereocenters. The smallest absolute Gasteiger partial charge is 0.331 e. The number of hydrogen-bond donors (Lipinski definition) is 0. The van der Waals surface area contributed by atoms with Gasteiger partial charge in [0.2, 0.25) is 0 Å². The molecule has 3 fully saturated rings. The van der Waals surface area contributed by atoms with Crippen LogP contribution in [0.2, 0.25) is 0 Å². The number of imide groups is 1. The Hall–Kier alpha value is -3.19. The zero-order valence-corrected chi connectivity index (χ0v) is 18.0. The van der Waals surface area contributed by atoms with Gasteiger partial charge in [0.1, 0.15) is 6.04 Å². The number of amides is 4. The van der Waals surface area contributed by atoms with E-state index >= 15 is 0 Å². The summed E-state index contributed by atoms with van der Waals surface area (Å²) in [6.45, 7) is 0.453. The molecular formula is C24H18BrN3O3. The number of piperazine rings is 1. The number of fused-ring (bicyclic) bond motifs is 6. The molecule has 7 heteroatoms. The largest absolute Gasteiger partial charge is 0.332 e. The molecule has 3 saturated heterocycles. The molecule has 3 aromatic rings. The van der Waals surface area contributed by atoms with Crippen LogP contribution < -0.4 is 4.90 Å². The lowest BCUT2D eigenvalue weighted by molar-refractivity contribution is -0.121. The van der Waals surface area contributed by atoms with Crippen molar-refractivity contribution in [3.63, 3.8) is 0 Å². The lowest BCUT2D eigenvalue weighted by Crippen LogP contribution is -2.54. The minimum atomic E-state index is -0.624. The first-order valence-electron chi connectivity index (χ1n) is 10.2. The summed E-state index contributed by atoms with van der Waals surface area (Å²) in [6.07, 6.45) is 0.644. The third-order valence-corrected chi connectivity index (χ3v) is 7.10. The Morgan fingerprint density at radius 1 is 0.968 bits per heavy atom. The molecule has 3 aliphatic heterocycles. The lowest BCUT2D eigenvalue weighted by atomic mass is 10.1. The summed E-state index contributed by atoms with van der Waals surface area (Å²) in [5.41, 5.74) is 1.18. The Morgan fingerprint density at radius 3 is 2.58 bits per heavy atom. The predicted molar refractivity (Wildman–Crippen MR) is 120 cm³/mol. The van der Waals surface area contributed by atoms with E-state index in [0.717, 1.165) is 15.2 Å². The molecule has 154 valence electrons. The number of rotatable bonds is 2. The van der Waals surface area contributed by atoms with Gasteiger partial charge in [-0.2, -0.15) is 0 Å². The first-order valence-corrected chi connectivity index (χ1v) is 11.0. The minimum Gasteiger partial charge on any atom is -0.331 e. The van der Waals surface area contributed by atoms with Gasteiger partial charge in [0.15, 0.2) is 0 Å². The highest BCUT2D eigenvalue weighted by molar-refractivity contribution is 9.10. The van der Waals surface area contributed by atoms with Crippen LogP contribution in [0.5, 0.6) is 0 Å². The fraction of sp³-hybridized carbons (Fsp3) is 0.208. The van der Waals surface area contributed by atoms with E-state index in [4.69, 9.17) is 0 Å². The van der Waals surface area contributed by atoms with Gasteiger partial charge in [-0.15, -0.1) is 0 Å². The molecule has 2 bridgehead atoms. The Kier molecular flexibility index (Phi) is 3.99. The highest BCUT2D eigenvalue weighted by Gasteiger charge is 2.63. The normalized spacial score (nSPS) is 24.4. The van der Waals surface area contributed by atoms with Crippen LogP contribution in [0.15, 0.2) is 71.2 Å². The van der Waals surface area contributed by atoms with Crippen LogP contribution in [0.4, 0.5) is 10.5 Å². The number of benzene rings is 3. The van der Waals surface area contributed by atoms with Crippen LogP contribution in [0.25, 0.3) is 10.8 Å². The van der Waals surface area contributed by atoms with Crippen LogP contribution in [0.3, 0.4) is 0 Å². The van der Waals surface area contributed by atoms with Gasteiger partial charge in [-0.3, -0.25) is 9.59 Å². The molecule has 6 rings (SSSR count). The molecule has 0 aliphatic carbocycles. The molecule has 0 radical (unpaired) electrons. The molecule has 3 heterocycles. The monoisotopic (exact) mass is 475 g/mol. The van der Waals surface area contributed by atoms with Crippen molar-refractivity contribution < 1.29 is 14.4 Å². The molecule has 0 aromatic heterocycles. The van der Waals surface area contributed by atoms with E-state index in [-0.39, 0.29) is 29.9 Å². The van der Waals surface area contributed by atoms with E-state index in [1.807, 2.05) is 54.6 Å². The number of anilines is 1. The van der Waals surface area contributed by atoms with Crippen LogP contribution >= 0.6 is 15.9 Å². The lowest BCUT2D eigenvalue weighted by Gasteiger charge is -2.35. The molecule has 0 spiro atoms. The van der Waals surface area contributed by atoms with Gasteiger partial charge in [-0.05, 0) is 36.1 Å². The maximum atomic E-state index is 13.5. The number of halogens is 1. The summed E-state index contributed by atoms with van der Waals surface area (Å²) in [7, 11) is 0. The summed E-state index contributed by atoms with van der Waals surface area (Å²) < 4.78 is 0.832. The van der Waals surface area contributed by atoms with E-state index in [9.17, 15) is 14.4 Å². The summed E-state index contributed by atoms with van der Waals surface area (Å²) in [5.74, 6) is -0.349. The number of urea groups is 1. The van der Waals surface area contributed by atoms with E-state index < -0.39 is 6.04 Å². The molecule has 0 saturated carbocycles. The second-order valence-electron chi connectivity index (χ2n) is 8.23. The van der Waals surface area contributed by atoms with Gasteiger partial charge in [0.05, 0.1) is 17.8 Å². The van der Waals surface area contributed by atoms with Gasteiger partial charge in [0, 0.05) is 22.0 Å². The molecule has 3 atom stereocenters. The first kappa shape index (κ1) is 18.6. The fourth-order valence-corrected chi connectivity index (χ4v) is 5.70.